The number of Topliss-reactive ketones (excluding diaryl/α,β-unsaturated/α-hetero) is 1. The molecule has 0 unspecified atom stereocenters. The average Bonchev–Trinajstić information content (AvgIpc) is 3.25. The third-order valence-electron chi connectivity index (χ3n) is 7.10. The SMILES string of the molecule is Cc1nc(-c2cc3cc(CC(=O)C4CCC(N5CCN(C)CC5)CC4)ncc3cn2)co1. The Morgan fingerprint density at radius 2 is 1.75 bits per heavy atom. The molecule has 0 radical (unpaired) electrons. The second-order valence-electron chi connectivity index (χ2n) is 9.33. The van der Waals surface area contributed by atoms with Gasteiger partial charge in [-0.3, -0.25) is 19.7 Å². The summed E-state index contributed by atoms with van der Waals surface area (Å²) in [5, 5.41) is 1.98. The van der Waals surface area contributed by atoms with Gasteiger partial charge < -0.3 is 9.32 Å². The number of piperazine rings is 1. The molecule has 4 heterocycles. The van der Waals surface area contributed by atoms with Crippen LogP contribution in [-0.2, 0) is 11.2 Å². The van der Waals surface area contributed by atoms with Gasteiger partial charge in [0.15, 0.2) is 5.89 Å². The van der Waals surface area contributed by atoms with Crippen molar-refractivity contribution in [3.05, 3.63) is 42.4 Å². The molecular formula is C25H31N5O2. The zero-order chi connectivity index (χ0) is 22.1. The molecule has 2 aliphatic rings. The molecule has 1 aliphatic heterocycles. The fourth-order valence-corrected chi connectivity index (χ4v) is 5.07. The third-order valence-corrected chi connectivity index (χ3v) is 7.10. The maximum Gasteiger partial charge on any atom is 0.191 e. The van der Waals surface area contributed by atoms with Gasteiger partial charge >= 0.3 is 0 Å². The van der Waals surface area contributed by atoms with E-state index in [0.29, 0.717) is 24.1 Å². The maximum atomic E-state index is 13.0. The normalized spacial score (nSPS) is 22.9. The number of nitrogens with zero attached hydrogens (tertiary/aromatic N) is 5. The van der Waals surface area contributed by atoms with Gasteiger partial charge in [0, 0.05) is 75.0 Å². The van der Waals surface area contributed by atoms with Gasteiger partial charge in [0.25, 0.3) is 0 Å². The Morgan fingerprint density at radius 1 is 1.00 bits per heavy atom. The highest BCUT2D eigenvalue weighted by Crippen LogP contribution is 2.30. The predicted octanol–water partition coefficient (Wildman–Crippen LogP) is 3.51. The van der Waals surface area contributed by atoms with E-state index < -0.39 is 0 Å². The van der Waals surface area contributed by atoms with E-state index >= 15 is 0 Å². The number of aryl methyl sites for hydroxylation is 1. The van der Waals surface area contributed by atoms with Gasteiger partial charge in [-0.25, -0.2) is 4.98 Å². The van der Waals surface area contributed by atoms with Crippen molar-refractivity contribution in [2.24, 2.45) is 5.92 Å². The summed E-state index contributed by atoms with van der Waals surface area (Å²) in [4.78, 5) is 31.4. The number of aromatic nitrogens is 3. The first-order valence-corrected chi connectivity index (χ1v) is 11.7. The Kier molecular flexibility index (Phi) is 6.02. The smallest absolute Gasteiger partial charge is 0.191 e. The molecule has 7 heteroatoms. The van der Waals surface area contributed by atoms with Crippen LogP contribution in [0.25, 0.3) is 22.2 Å². The molecule has 7 nitrogen and oxygen atoms in total. The lowest BCUT2D eigenvalue weighted by Gasteiger charge is -2.40. The van der Waals surface area contributed by atoms with E-state index in [0.717, 1.165) is 79.7 Å². The van der Waals surface area contributed by atoms with Crippen molar-refractivity contribution >= 4 is 16.6 Å². The summed E-state index contributed by atoms with van der Waals surface area (Å²) in [5.41, 5.74) is 2.31. The van der Waals surface area contributed by atoms with Crippen LogP contribution in [0.3, 0.4) is 0 Å². The van der Waals surface area contributed by atoms with Crippen LogP contribution in [-0.4, -0.2) is 69.8 Å². The number of ketones is 1. The highest BCUT2D eigenvalue weighted by Gasteiger charge is 2.30. The molecule has 5 rings (SSSR count). The highest BCUT2D eigenvalue weighted by molar-refractivity contribution is 5.87. The predicted molar refractivity (Wildman–Crippen MR) is 123 cm³/mol. The summed E-state index contributed by atoms with van der Waals surface area (Å²) in [7, 11) is 2.19. The van der Waals surface area contributed by atoms with Crippen molar-refractivity contribution < 1.29 is 9.21 Å². The van der Waals surface area contributed by atoms with Crippen LogP contribution in [0.1, 0.15) is 37.3 Å². The van der Waals surface area contributed by atoms with E-state index in [1.807, 2.05) is 25.3 Å². The molecule has 3 aromatic heterocycles. The molecule has 0 spiro atoms. The lowest BCUT2D eigenvalue weighted by Crippen LogP contribution is -2.50. The quantitative estimate of drug-likeness (QED) is 0.609. The Bertz CT molecular complexity index is 1090. The van der Waals surface area contributed by atoms with E-state index in [-0.39, 0.29) is 5.92 Å². The van der Waals surface area contributed by atoms with E-state index in [1.165, 1.54) is 0 Å². The Hall–Kier alpha value is -2.64. The van der Waals surface area contributed by atoms with Crippen LogP contribution in [0.15, 0.2) is 35.2 Å². The number of oxazole rings is 1. The second-order valence-corrected chi connectivity index (χ2v) is 9.33. The van der Waals surface area contributed by atoms with Crippen molar-refractivity contribution in [2.45, 2.75) is 45.1 Å². The fourth-order valence-electron chi connectivity index (χ4n) is 5.07. The largest absolute Gasteiger partial charge is 0.449 e. The molecule has 1 aliphatic carbocycles. The molecule has 0 atom stereocenters. The molecule has 0 N–H and O–H groups in total. The van der Waals surface area contributed by atoms with Crippen LogP contribution in [0.2, 0.25) is 0 Å². The van der Waals surface area contributed by atoms with Gasteiger partial charge in [-0.05, 0) is 50.2 Å². The Balaban J connectivity index is 1.22. The minimum absolute atomic E-state index is 0.169. The molecule has 0 aromatic carbocycles. The number of carbonyl (C=O) groups excluding carboxylic acids is 1. The van der Waals surface area contributed by atoms with Crippen LogP contribution in [0, 0.1) is 12.8 Å². The minimum Gasteiger partial charge on any atom is -0.449 e. The summed E-state index contributed by atoms with van der Waals surface area (Å²) >= 11 is 0. The molecule has 1 saturated carbocycles. The third kappa shape index (κ3) is 4.59. The zero-order valence-electron chi connectivity index (χ0n) is 19.0. The van der Waals surface area contributed by atoms with Crippen molar-refractivity contribution in [3.8, 4) is 11.4 Å². The first kappa shape index (κ1) is 21.2. The Morgan fingerprint density at radius 3 is 2.47 bits per heavy atom. The van der Waals surface area contributed by atoms with E-state index in [2.05, 4.69) is 31.8 Å². The van der Waals surface area contributed by atoms with E-state index in [4.69, 9.17) is 4.42 Å². The fraction of sp³-hybridized carbons (Fsp3) is 0.520. The molecular weight excluding hydrogens is 402 g/mol. The summed E-state index contributed by atoms with van der Waals surface area (Å²) < 4.78 is 5.31. The standard InChI is InChI=1S/C25H31N5O2/c1-17-28-24(16-32-17)23-12-19-11-21(26-14-20(19)15-27-23)13-25(31)18-3-5-22(6-4-18)30-9-7-29(2)8-10-30/h11-12,14-16,18,22H,3-10,13H2,1-2H3. The number of hydrogen-bond acceptors (Lipinski definition) is 7. The number of fused-ring (bicyclic) bond motifs is 1. The first-order valence-electron chi connectivity index (χ1n) is 11.7. The summed E-state index contributed by atoms with van der Waals surface area (Å²) in [6, 6.07) is 4.66. The van der Waals surface area contributed by atoms with Gasteiger partial charge in [-0.2, -0.15) is 0 Å². The zero-order valence-corrected chi connectivity index (χ0v) is 19.0. The summed E-state index contributed by atoms with van der Waals surface area (Å²) in [6.07, 6.45) is 9.91. The van der Waals surface area contributed by atoms with Crippen LogP contribution in [0.4, 0.5) is 0 Å². The van der Waals surface area contributed by atoms with Crippen molar-refractivity contribution in [2.75, 3.05) is 33.2 Å². The van der Waals surface area contributed by atoms with E-state index in [9.17, 15) is 4.79 Å². The number of rotatable bonds is 5. The minimum atomic E-state index is 0.169. The van der Waals surface area contributed by atoms with Crippen molar-refractivity contribution in [1.82, 2.24) is 24.8 Å². The molecule has 0 amide bonds. The molecule has 1 saturated heterocycles. The van der Waals surface area contributed by atoms with Crippen molar-refractivity contribution in [1.29, 1.82) is 0 Å². The maximum absolute atomic E-state index is 13.0. The molecule has 3 aromatic rings. The number of pyridine rings is 2. The lowest BCUT2D eigenvalue weighted by atomic mass is 9.81. The average molecular weight is 434 g/mol. The molecule has 168 valence electrons. The number of hydrogen-bond donors (Lipinski definition) is 0. The van der Waals surface area contributed by atoms with Crippen molar-refractivity contribution in [3.63, 3.8) is 0 Å². The van der Waals surface area contributed by atoms with Crippen LogP contribution < -0.4 is 0 Å². The number of likely N-dealkylation sites (N-methyl/N-ethyl adjacent to an activating group) is 1. The molecule has 32 heavy (non-hydrogen) atoms. The first-order chi connectivity index (χ1) is 15.5. The number of carbonyl (C=O) groups is 1. The van der Waals surface area contributed by atoms with E-state index in [1.54, 1.807) is 12.5 Å². The highest BCUT2D eigenvalue weighted by atomic mass is 16.3. The summed E-state index contributed by atoms with van der Waals surface area (Å²) in [6.45, 7) is 6.44. The lowest BCUT2D eigenvalue weighted by molar-refractivity contribution is -0.123. The van der Waals surface area contributed by atoms with Crippen LogP contribution in [0.5, 0.6) is 0 Å². The molecule has 0 bridgehead atoms. The molecule has 2 fully saturated rings. The topological polar surface area (TPSA) is 75.4 Å². The van der Waals surface area contributed by atoms with Gasteiger partial charge in [0.1, 0.15) is 17.7 Å². The Labute approximate surface area is 188 Å². The monoisotopic (exact) mass is 433 g/mol. The van der Waals surface area contributed by atoms with Crippen LogP contribution >= 0.6 is 0 Å². The van der Waals surface area contributed by atoms with Gasteiger partial charge in [0.2, 0.25) is 0 Å². The van der Waals surface area contributed by atoms with Gasteiger partial charge in [-0.15, -0.1) is 0 Å². The summed E-state index contributed by atoms with van der Waals surface area (Å²) in [5.74, 6) is 1.11. The van der Waals surface area contributed by atoms with Gasteiger partial charge in [-0.1, -0.05) is 0 Å². The van der Waals surface area contributed by atoms with Gasteiger partial charge in [0.05, 0.1) is 5.69 Å². The second kappa shape index (κ2) is 9.08.